The van der Waals surface area contributed by atoms with Crippen LogP contribution >= 0.6 is 11.6 Å². The van der Waals surface area contributed by atoms with E-state index in [0.717, 1.165) is 22.3 Å². The Hall–Kier alpha value is -2.52. The molecule has 7 nitrogen and oxygen atoms in total. The lowest BCUT2D eigenvalue weighted by atomic mass is 9.90. The van der Waals surface area contributed by atoms with Gasteiger partial charge in [-0.05, 0) is 46.4 Å². The van der Waals surface area contributed by atoms with E-state index >= 15 is 0 Å². The highest BCUT2D eigenvalue weighted by Gasteiger charge is 2.44. The van der Waals surface area contributed by atoms with Gasteiger partial charge in [0, 0.05) is 17.3 Å². The topological polar surface area (TPSA) is 123 Å². The summed E-state index contributed by atoms with van der Waals surface area (Å²) in [7, 11) is 0. The zero-order valence-electron chi connectivity index (χ0n) is 17.1. The van der Waals surface area contributed by atoms with Crippen molar-refractivity contribution >= 4 is 11.6 Å². The average Bonchev–Trinajstić information content (AvgIpc) is 2.80. The van der Waals surface area contributed by atoms with Crippen LogP contribution in [0.15, 0.2) is 65.6 Å². The molecule has 168 valence electrons. The van der Waals surface area contributed by atoms with E-state index in [9.17, 15) is 25.2 Å². The maximum absolute atomic E-state index is 11.2. The fraction of sp³-hybridized carbons (Fsp3) is 0.292. The molecule has 2 heterocycles. The van der Waals surface area contributed by atoms with Gasteiger partial charge in [0.05, 0.1) is 6.61 Å². The number of nitrogens with one attached hydrogen (secondary N) is 1. The molecule has 0 unspecified atom stereocenters. The highest BCUT2D eigenvalue weighted by Crippen LogP contribution is 2.34. The van der Waals surface area contributed by atoms with Crippen molar-refractivity contribution in [1.29, 1.82) is 0 Å². The molecule has 5 atom stereocenters. The van der Waals surface area contributed by atoms with Crippen LogP contribution in [0, 0.1) is 0 Å². The summed E-state index contributed by atoms with van der Waals surface area (Å²) in [5.74, 6) is 0. The Morgan fingerprint density at radius 2 is 1.62 bits per heavy atom. The van der Waals surface area contributed by atoms with Gasteiger partial charge >= 0.3 is 0 Å². The predicted octanol–water partition coefficient (Wildman–Crippen LogP) is 1.80. The first-order valence-electron chi connectivity index (χ1n) is 10.2. The standard InChI is InChI=1S/C24H24ClNO6/c25-18-7-5-15(24-23(31)22(30)21(29)19(12-27)32-24)10-17(18)9-13-1-3-14(4-2-13)16-6-8-20(28)26-11-16/h1-8,10-11,19,21-24,27,29-31H,9,12H2,(H,26,28)/t19-,21-,22+,23-,24+/m1/s1. The summed E-state index contributed by atoms with van der Waals surface area (Å²) in [4.78, 5) is 13.9. The number of benzene rings is 2. The number of halogens is 1. The largest absolute Gasteiger partial charge is 0.394 e. The van der Waals surface area contributed by atoms with Crippen molar-refractivity contribution in [2.45, 2.75) is 36.9 Å². The van der Waals surface area contributed by atoms with Crippen LogP contribution in [0.25, 0.3) is 11.1 Å². The van der Waals surface area contributed by atoms with Crippen LogP contribution in [-0.4, -0.2) is 56.4 Å². The minimum Gasteiger partial charge on any atom is -0.394 e. The molecule has 8 heteroatoms. The van der Waals surface area contributed by atoms with Gasteiger partial charge in [-0.25, -0.2) is 0 Å². The predicted molar refractivity (Wildman–Crippen MR) is 119 cm³/mol. The number of hydrogen-bond acceptors (Lipinski definition) is 6. The molecular weight excluding hydrogens is 434 g/mol. The van der Waals surface area contributed by atoms with E-state index in [-0.39, 0.29) is 5.56 Å². The number of hydrogen-bond donors (Lipinski definition) is 5. The summed E-state index contributed by atoms with van der Waals surface area (Å²) in [6.45, 7) is -0.483. The number of rotatable bonds is 5. The first-order valence-corrected chi connectivity index (χ1v) is 10.6. The molecule has 0 spiro atoms. The molecule has 0 aliphatic carbocycles. The van der Waals surface area contributed by atoms with Gasteiger partial charge in [0.1, 0.15) is 30.5 Å². The molecule has 0 bridgehead atoms. The second kappa shape index (κ2) is 9.54. The smallest absolute Gasteiger partial charge is 0.247 e. The molecule has 0 amide bonds. The van der Waals surface area contributed by atoms with Gasteiger partial charge in [0.2, 0.25) is 5.56 Å². The van der Waals surface area contributed by atoms with Crippen molar-refractivity contribution in [2.75, 3.05) is 6.61 Å². The summed E-state index contributed by atoms with van der Waals surface area (Å²) in [6.07, 6.45) is -3.89. The Kier molecular flexibility index (Phi) is 6.76. The Bertz CT molecular complexity index is 1110. The molecule has 1 aromatic heterocycles. The van der Waals surface area contributed by atoms with E-state index in [2.05, 4.69) is 4.98 Å². The number of aliphatic hydroxyl groups excluding tert-OH is 4. The van der Waals surface area contributed by atoms with Crippen LogP contribution in [0.1, 0.15) is 22.8 Å². The van der Waals surface area contributed by atoms with E-state index in [1.807, 2.05) is 24.3 Å². The minimum atomic E-state index is -1.44. The molecule has 1 aliphatic heterocycles. The van der Waals surface area contributed by atoms with Gasteiger partial charge in [-0.2, -0.15) is 0 Å². The zero-order valence-corrected chi connectivity index (χ0v) is 17.8. The third-order valence-corrected chi connectivity index (χ3v) is 6.13. The van der Waals surface area contributed by atoms with Crippen molar-refractivity contribution in [3.8, 4) is 11.1 Å². The summed E-state index contributed by atoms with van der Waals surface area (Å²) in [6, 6.07) is 16.3. The number of aromatic amines is 1. The second-order valence-corrected chi connectivity index (χ2v) is 8.32. The van der Waals surface area contributed by atoms with Crippen molar-refractivity contribution in [1.82, 2.24) is 4.98 Å². The fourth-order valence-electron chi connectivity index (χ4n) is 3.91. The SMILES string of the molecule is O=c1ccc(-c2ccc(Cc3cc([C@@H]4O[C@H](CO)[C@@H](O)[C@H](O)[C@H]4O)ccc3Cl)cc2)c[nH]1. The third-order valence-electron chi connectivity index (χ3n) is 5.76. The summed E-state index contributed by atoms with van der Waals surface area (Å²) in [5, 5.41) is 40.5. The summed E-state index contributed by atoms with van der Waals surface area (Å²) in [5.41, 5.74) is 4.11. The monoisotopic (exact) mass is 457 g/mol. The van der Waals surface area contributed by atoms with Gasteiger partial charge < -0.3 is 30.1 Å². The lowest BCUT2D eigenvalue weighted by Gasteiger charge is -2.40. The van der Waals surface area contributed by atoms with Crippen LogP contribution < -0.4 is 5.56 Å². The van der Waals surface area contributed by atoms with Crippen LogP contribution in [0.3, 0.4) is 0 Å². The average molecular weight is 458 g/mol. The third kappa shape index (κ3) is 4.63. The Labute approximate surface area is 189 Å². The maximum Gasteiger partial charge on any atom is 0.247 e. The van der Waals surface area contributed by atoms with Crippen molar-refractivity contribution in [3.05, 3.63) is 92.9 Å². The first-order chi connectivity index (χ1) is 15.4. The Morgan fingerprint density at radius 1 is 0.906 bits per heavy atom. The van der Waals surface area contributed by atoms with Gasteiger partial charge in [-0.1, -0.05) is 48.0 Å². The van der Waals surface area contributed by atoms with E-state index in [1.165, 1.54) is 6.07 Å². The normalized spacial score (nSPS) is 25.6. The van der Waals surface area contributed by atoms with Gasteiger partial charge in [0.25, 0.3) is 0 Å². The molecule has 2 aromatic carbocycles. The Morgan fingerprint density at radius 3 is 2.28 bits per heavy atom. The maximum atomic E-state index is 11.2. The molecule has 3 aromatic rings. The summed E-state index contributed by atoms with van der Waals surface area (Å²) < 4.78 is 5.66. The molecule has 5 N–H and O–H groups in total. The lowest BCUT2D eigenvalue weighted by molar-refractivity contribution is -0.231. The number of aromatic nitrogens is 1. The highest BCUT2D eigenvalue weighted by molar-refractivity contribution is 6.31. The van der Waals surface area contributed by atoms with Crippen molar-refractivity contribution < 1.29 is 25.2 Å². The molecular formula is C24H24ClNO6. The first kappa shape index (κ1) is 22.7. The van der Waals surface area contributed by atoms with Gasteiger partial charge in [-0.15, -0.1) is 0 Å². The van der Waals surface area contributed by atoms with E-state index < -0.39 is 37.1 Å². The van der Waals surface area contributed by atoms with Gasteiger partial charge in [0.15, 0.2) is 0 Å². The molecule has 1 saturated heterocycles. The molecule has 32 heavy (non-hydrogen) atoms. The van der Waals surface area contributed by atoms with Crippen LogP contribution in [0.5, 0.6) is 0 Å². The van der Waals surface area contributed by atoms with E-state index in [1.54, 1.807) is 30.5 Å². The summed E-state index contributed by atoms with van der Waals surface area (Å²) >= 11 is 6.40. The number of aliphatic hydroxyl groups is 4. The number of ether oxygens (including phenoxy) is 1. The molecule has 1 fully saturated rings. The quantitative estimate of drug-likeness (QED) is 0.398. The van der Waals surface area contributed by atoms with E-state index in [4.69, 9.17) is 16.3 Å². The number of H-pyrrole nitrogens is 1. The van der Waals surface area contributed by atoms with Crippen molar-refractivity contribution in [3.63, 3.8) is 0 Å². The molecule has 4 rings (SSSR count). The second-order valence-electron chi connectivity index (χ2n) is 7.92. The molecule has 0 saturated carbocycles. The van der Waals surface area contributed by atoms with E-state index in [0.29, 0.717) is 17.0 Å². The molecule has 1 aliphatic rings. The number of pyridine rings is 1. The van der Waals surface area contributed by atoms with Crippen molar-refractivity contribution in [2.24, 2.45) is 0 Å². The van der Waals surface area contributed by atoms with Crippen LogP contribution in [-0.2, 0) is 11.2 Å². The van der Waals surface area contributed by atoms with Crippen LogP contribution in [0.2, 0.25) is 5.02 Å². The highest BCUT2D eigenvalue weighted by atomic mass is 35.5. The zero-order chi connectivity index (χ0) is 22.8. The lowest BCUT2D eigenvalue weighted by Crippen LogP contribution is -2.55. The van der Waals surface area contributed by atoms with Gasteiger partial charge in [-0.3, -0.25) is 4.79 Å². The molecule has 0 radical (unpaired) electrons. The fourth-order valence-corrected chi connectivity index (χ4v) is 4.09. The minimum absolute atomic E-state index is 0.153. The van der Waals surface area contributed by atoms with Crippen LogP contribution in [0.4, 0.5) is 0 Å². The Balaban J connectivity index is 1.55.